The fourth-order valence-corrected chi connectivity index (χ4v) is 2.50. The van der Waals surface area contributed by atoms with Crippen molar-refractivity contribution < 1.29 is 26.9 Å². The molecule has 0 aliphatic heterocycles. The fourth-order valence-electron chi connectivity index (χ4n) is 2.09. The molecule has 0 bridgehead atoms. The van der Waals surface area contributed by atoms with Crippen molar-refractivity contribution in [2.45, 2.75) is 25.5 Å². The second kappa shape index (κ2) is 7.78. The van der Waals surface area contributed by atoms with Gasteiger partial charge in [0.05, 0.1) is 12.2 Å². The van der Waals surface area contributed by atoms with Gasteiger partial charge in [-0.05, 0) is 37.8 Å². The summed E-state index contributed by atoms with van der Waals surface area (Å²) in [5.41, 5.74) is 4.96. The highest BCUT2D eigenvalue weighted by molar-refractivity contribution is 7.67. The Hall–Kier alpha value is -1.90. The topological polar surface area (TPSA) is 105 Å². The van der Waals surface area contributed by atoms with Crippen LogP contribution in [0, 0.1) is 5.92 Å². The third-order valence-electron chi connectivity index (χ3n) is 3.52. The molecule has 2 N–H and O–H groups in total. The van der Waals surface area contributed by atoms with Crippen LogP contribution in [0.2, 0.25) is 0 Å². The van der Waals surface area contributed by atoms with Crippen molar-refractivity contribution in [1.82, 2.24) is 0 Å². The van der Waals surface area contributed by atoms with Crippen molar-refractivity contribution in [3.8, 4) is 5.75 Å². The first-order valence-electron chi connectivity index (χ1n) is 7.51. The summed E-state index contributed by atoms with van der Waals surface area (Å²) in [7, 11) is -3.15. The molecule has 1 atom stereocenters. The maximum atomic E-state index is 12.0. The maximum absolute atomic E-state index is 12.0. The molecule has 0 aromatic heterocycles. The lowest BCUT2D eigenvalue weighted by Gasteiger charge is -2.25. The number of benzene rings is 1. The molecule has 0 amide bonds. The summed E-state index contributed by atoms with van der Waals surface area (Å²) in [5, 5.41) is 0. The van der Waals surface area contributed by atoms with Gasteiger partial charge in [0.15, 0.2) is 5.72 Å². The highest BCUT2D eigenvalue weighted by atomic mass is 32.2. The van der Waals surface area contributed by atoms with E-state index in [2.05, 4.69) is 6.58 Å². The van der Waals surface area contributed by atoms with Gasteiger partial charge in [-0.2, -0.15) is 0 Å². The molecule has 8 heteroatoms. The van der Waals surface area contributed by atoms with E-state index in [0.29, 0.717) is 23.8 Å². The number of esters is 1. The zero-order valence-electron chi connectivity index (χ0n) is 13.4. The third-order valence-corrected chi connectivity index (χ3v) is 4.05. The summed E-state index contributed by atoms with van der Waals surface area (Å²) in [4.78, 5) is 12.0. The van der Waals surface area contributed by atoms with Crippen LogP contribution in [0.1, 0.15) is 35.7 Å². The Balaban J connectivity index is 2.30. The molecule has 2 rings (SSSR count). The molecule has 1 saturated carbocycles. The standard InChI is InChI=1S/C16H21NO6S/c1-3-8-21-15(18)12-6-7-13(16(2,17)23-24(19)20)14(9-12)22-10-11-4-5-11/h3,6-7,9,11,24H,1,4-5,8,10,17H2,2H3. The molecular formula is C16H21NO6S. The van der Waals surface area contributed by atoms with E-state index in [-0.39, 0.29) is 12.2 Å². The van der Waals surface area contributed by atoms with Gasteiger partial charge >= 0.3 is 5.97 Å². The van der Waals surface area contributed by atoms with E-state index in [1.54, 1.807) is 0 Å². The van der Waals surface area contributed by atoms with E-state index >= 15 is 0 Å². The molecule has 1 fully saturated rings. The Morgan fingerprint density at radius 3 is 2.75 bits per heavy atom. The quantitative estimate of drug-likeness (QED) is 0.299. The summed E-state index contributed by atoms with van der Waals surface area (Å²) in [6.07, 6.45) is 3.63. The van der Waals surface area contributed by atoms with Gasteiger partial charge in [0.2, 0.25) is 0 Å². The second-order valence-electron chi connectivity index (χ2n) is 5.77. The summed E-state index contributed by atoms with van der Waals surface area (Å²) in [6, 6.07) is 4.47. The van der Waals surface area contributed by atoms with Gasteiger partial charge in [-0.15, -0.1) is 0 Å². The predicted molar refractivity (Wildman–Crippen MR) is 88.1 cm³/mol. The van der Waals surface area contributed by atoms with E-state index in [1.807, 2.05) is 0 Å². The average molecular weight is 355 g/mol. The summed E-state index contributed by atoms with van der Waals surface area (Å²) in [5.74, 6) is 0.236. The average Bonchev–Trinajstić information content (AvgIpc) is 3.33. The highest BCUT2D eigenvalue weighted by Gasteiger charge is 2.30. The Kier molecular flexibility index (Phi) is 5.98. The largest absolute Gasteiger partial charge is 0.493 e. The molecule has 1 aromatic carbocycles. The number of hydrogen-bond acceptors (Lipinski definition) is 7. The molecule has 24 heavy (non-hydrogen) atoms. The first-order valence-corrected chi connectivity index (χ1v) is 8.60. The molecule has 0 saturated heterocycles. The van der Waals surface area contributed by atoms with Crippen molar-refractivity contribution >= 4 is 17.0 Å². The van der Waals surface area contributed by atoms with E-state index in [4.69, 9.17) is 19.4 Å². The van der Waals surface area contributed by atoms with Crippen LogP contribution in [-0.4, -0.2) is 27.6 Å². The molecule has 1 aliphatic carbocycles. The Morgan fingerprint density at radius 2 is 2.17 bits per heavy atom. The molecule has 1 aromatic rings. The zero-order valence-corrected chi connectivity index (χ0v) is 14.3. The molecule has 0 spiro atoms. The summed E-state index contributed by atoms with van der Waals surface area (Å²) in [6.45, 7) is 5.45. The normalized spacial score (nSPS) is 16.5. The molecule has 132 valence electrons. The molecule has 1 aliphatic rings. The molecule has 0 radical (unpaired) electrons. The number of carbonyl (C=O) groups is 1. The van der Waals surface area contributed by atoms with Crippen LogP contribution in [0.25, 0.3) is 0 Å². The lowest BCUT2D eigenvalue weighted by Crippen LogP contribution is -2.36. The second-order valence-corrected chi connectivity index (χ2v) is 6.40. The molecule has 1 unspecified atom stereocenters. The van der Waals surface area contributed by atoms with E-state index < -0.39 is 22.7 Å². The van der Waals surface area contributed by atoms with Crippen molar-refractivity contribution in [1.29, 1.82) is 0 Å². The van der Waals surface area contributed by atoms with Crippen molar-refractivity contribution in [3.63, 3.8) is 0 Å². The Labute approximate surface area is 142 Å². The Morgan fingerprint density at radius 1 is 1.46 bits per heavy atom. The lowest BCUT2D eigenvalue weighted by atomic mass is 10.0. The van der Waals surface area contributed by atoms with Crippen molar-refractivity contribution in [3.05, 3.63) is 42.0 Å². The van der Waals surface area contributed by atoms with Crippen molar-refractivity contribution in [2.24, 2.45) is 11.7 Å². The van der Waals surface area contributed by atoms with Crippen molar-refractivity contribution in [2.75, 3.05) is 13.2 Å². The number of thiol groups is 1. The summed E-state index contributed by atoms with van der Waals surface area (Å²) >= 11 is 0. The number of carbonyl (C=O) groups excluding carboxylic acids is 1. The monoisotopic (exact) mass is 355 g/mol. The first-order chi connectivity index (χ1) is 11.3. The van der Waals surface area contributed by atoms with Gasteiger partial charge in [-0.3, -0.25) is 5.73 Å². The van der Waals surface area contributed by atoms with E-state index in [1.165, 1.54) is 31.2 Å². The molecule has 0 heterocycles. The van der Waals surface area contributed by atoms with Crippen LogP contribution in [0.4, 0.5) is 0 Å². The number of ether oxygens (including phenoxy) is 2. The number of hydrogen-bond donors (Lipinski definition) is 2. The maximum Gasteiger partial charge on any atom is 0.338 e. The first kappa shape index (κ1) is 18.4. The minimum atomic E-state index is -3.15. The minimum Gasteiger partial charge on any atom is -0.493 e. The SMILES string of the molecule is C=CCOC(=O)c1ccc(C(C)(N)O[SH](=O)=O)c(OCC2CC2)c1. The third kappa shape index (κ3) is 5.05. The van der Waals surface area contributed by atoms with Gasteiger partial charge in [-0.1, -0.05) is 18.7 Å². The number of rotatable bonds is 9. The van der Waals surface area contributed by atoms with Gasteiger partial charge in [0.25, 0.3) is 11.0 Å². The van der Waals surface area contributed by atoms with Gasteiger partial charge in [-0.25, -0.2) is 17.4 Å². The zero-order chi connectivity index (χ0) is 17.7. The molecule has 7 nitrogen and oxygen atoms in total. The van der Waals surface area contributed by atoms with Gasteiger partial charge in [0.1, 0.15) is 12.4 Å². The highest BCUT2D eigenvalue weighted by Crippen LogP contribution is 2.34. The fraction of sp³-hybridized carbons (Fsp3) is 0.438. The van der Waals surface area contributed by atoms with Crippen LogP contribution in [0.15, 0.2) is 30.9 Å². The predicted octanol–water partition coefficient (Wildman–Crippen LogP) is 1.49. The smallest absolute Gasteiger partial charge is 0.338 e. The molecular weight excluding hydrogens is 334 g/mol. The van der Waals surface area contributed by atoms with E-state index in [0.717, 1.165) is 12.8 Å². The summed E-state index contributed by atoms with van der Waals surface area (Å²) < 4.78 is 37.3. The lowest BCUT2D eigenvalue weighted by molar-refractivity contribution is 0.0548. The van der Waals surface area contributed by atoms with Crippen LogP contribution in [-0.2, 0) is 25.6 Å². The minimum absolute atomic E-state index is 0.0905. The Bertz CT molecular complexity index is 686. The van der Waals surface area contributed by atoms with Gasteiger partial charge < -0.3 is 9.47 Å². The van der Waals surface area contributed by atoms with Crippen LogP contribution in [0.3, 0.4) is 0 Å². The van der Waals surface area contributed by atoms with E-state index in [9.17, 15) is 13.2 Å². The van der Waals surface area contributed by atoms with Crippen LogP contribution < -0.4 is 10.5 Å². The number of nitrogens with two attached hydrogens (primary N) is 1. The van der Waals surface area contributed by atoms with Gasteiger partial charge in [0, 0.05) is 5.56 Å². The van der Waals surface area contributed by atoms with Crippen LogP contribution >= 0.6 is 0 Å². The van der Waals surface area contributed by atoms with Crippen LogP contribution in [0.5, 0.6) is 5.75 Å².